The van der Waals surface area contributed by atoms with Crippen LogP contribution in [0.15, 0.2) is 53.9 Å². The summed E-state index contributed by atoms with van der Waals surface area (Å²) in [5.74, 6) is -0.922. The number of hydrogen-bond acceptors (Lipinski definition) is 6. The van der Waals surface area contributed by atoms with Gasteiger partial charge in [0, 0.05) is 5.41 Å². The summed E-state index contributed by atoms with van der Waals surface area (Å²) in [6.45, 7) is -3.77. The van der Waals surface area contributed by atoms with E-state index in [1.54, 1.807) is 30.3 Å². The van der Waals surface area contributed by atoms with E-state index < -0.39 is 29.1 Å². The Morgan fingerprint density at radius 2 is 1.86 bits per heavy atom. The molecule has 10 heteroatoms. The molecule has 0 heterocycles. The highest BCUT2D eigenvalue weighted by Gasteiger charge is 2.13. The van der Waals surface area contributed by atoms with E-state index in [-0.39, 0.29) is 18.1 Å². The third kappa shape index (κ3) is 7.88. The quantitative estimate of drug-likeness (QED) is 0.587. The van der Waals surface area contributed by atoms with Gasteiger partial charge in [-0.15, -0.1) is 0 Å². The van der Waals surface area contributed by atoms with Crippen molar-refractivity contribution in [1.82, 2.24) is 4.72 Å². The van der Waals surface area contributed by atoms with Crippen LogP contribution in [0.3, 0.4) is 0 Å². The summed E-state index contributed by atoms with van der Waals surface area (Å²) < 4.78 is 64.7. The monoisotopic (exact) mass is 427 g/mol. The van der Waals surface area contributed by atoms with E-state index in [9.17, 15) is 22.0 Å². The minimum atomic E-state index is -3.82. The minimum Gasteiger partial charge on any atom is -0.493 e. The van der Waals surface area contributed by atoms with E-state index in [4.69, 9.17) is 9.47 Å². The highest BCUT2D eigenvalue weighted by molar-refractivity contribution is 7.92. The topological polar surface area (TPSA) is 90.9 Å². The summed E-state index contributed by atoms with van der Waals surface area (Å²) in [5, 5.41) is 0.947. The van der Waals surface area contributed by atoms with Crippen LogP contribution in [0.25, 0.3) is 6.08 Å². The second kappa shape index (κ2) is 10.5. The molecule has 0 amide bonds. The zero-order valence-corrected chi connectivity index (χ0v) is 16.2. The van der Waals surface area contributed by atoms with Gasteiger partial charge in [-0.2, -0.15) is 8.78 Å². The molecule has 0 fully saturated rings. The maximum Gasteiger partial charge on any atom is 0.387 e. The molecule has 0 spiro atoms. The van der Waals surface area contributed by atoms with Crippen LogP contribution in [-0.2, 0) is 26.2 Å². The Bertz CT molecular complexity index is 948. The van der Waals surface area contributed by atoms with Crippen LogP contribution >= 0.6 is 0 Å². The first-order valence-corrected chi connectivity index (χ1v) is 9.84. The molecule has 0 radical (unpaired) electrons. The first kappa shape index (κ1) is 22.3. The maximum absolute atomic E-state index is 12.3. The van der Waals surface area contributed by atoms with Crippen LogP contribution in [0.1, 0.15) is 11.1 Å². The standard InChI is InChI=1S/C19H19F2NO6S/c1-26-17-11-15(7-8-16(17)28-19(20)21)13-27-18(23)12-22-29(24,25)10-9-14-5-3-2-4-6-14/h2-11,19,22H,12-13H2,1H3/b10-9+. The van der Waals surface area contributed by atoms with Gasteiger partial charge in [-0.05, 0) is 29.3 Å². The summed E-state index contributed by atoms with van der Waals surface area (Å²) in [7, 11) is -2.55. The van der Waals surface area contributed by atoms with Crippen molar-refractivity contribution in [2.75, 3.05) is 13.7 Å². The van der Waals surface area contributed by atoms with Crippen molar-refractivity contribution in [3.8, 4) is 11.5 Å². The Morgan fingerprint density at radius 3 is 2.52 bits per heavy atom. The highest BCUT2D eigenvalue weighted by atomic mass is 32.2. The van der Waals surface area contributed by atoms with Gasteiger partial charge in [-0.1, -0.05) is 36.4 Å². The minimum absolute atomic E-state index is 0.0469. The molecule has 0 atom stereocenters. The maximum atomic E-state index is 12.3. The Balaban J connectivity index is 1.85. The summed E-state index contributed by atoms with van der Waals surface area (Å²) in [6.07, 6.45) is 1.39. The van der Waals surface area contributed by atoms with Crippen LogP contribution in [0.4, 0.5) is 8.78 Å². The molecule has 156 valence electrons. The molecule has 0 aromatic heterocycles. The lowest BCUT2D eigenvalue weighted by Crippen LogP contribution is -2.29. The van der Waals surface area contributed by atoms with Gasteiger partial charge in [0.15, 0.2) is 11.5 Å². The fourth-order valence-corrected chi connectivity index (χ4v) is 2.90. The van der Waals surface area contributed by atoms with Crippen molar-refractivity contribution in [2.24, 2.45) is 0 Å². The number of esters is 1. The lowest BCUT2D eigenvalue weighted by atomic mass is 10.2. The van der Waals surface area contributed by atoms with Crippen molar-refractivity contribution in [1.29, 1.82) is 0 Å². The average Bonchev–Trinajstić information content (AvgIpc) is 2.70. The van der Waals surface area contributed by atoms with Crippen molar-refractivity contribution in [3.05, 3.63) is 65.1 Å². The molecule has 0 aliphatic carbocycles. The highest BCUT2D eigenvalue weighted by Crippen LogP contribution is 2.29. The number of carbonyl (C=O) groups is 1. The summed E-state index contributed by atoms with van der Waals surface area (Å²) in [4.78, 5) is 11.8. The van der Waals surface area contributed by atoms with Gasteiger partial charge in [0.25, 0.3) is 0 Å². The van der Waals surface area contributed by atoms with Gasteiger partial charge in [0.1, 0.15) is 13.2 Å². The number of halogens is 2. The number of alkyl halides is 2. The molecule has 2 aromatic rings. The average molecular weight is 427 g/mol. The molecule has 0 aliphatic rings. The Hall–Kier alpha value is -2.98. The van der Waals surface area contributed by atoms with E-state index in [0.717, 1.165) is 5.41 Å². The zero-order valence-electron chi connectivity index (χ0n) is 15.4. The van der Waals surface area contributed by atoms with Crippen LogP contribution in [-0.4, -0.2) is 34.7 Å². The molecule has 0 bridgehead atoms. The molecule has 29 heavy (non-hydrogen) atoms. The Labute approximate surface area is 166 Å². The van der Waals surface area contributed by atoms with Gasteiger partial charge in [0.2, 0.25) is 10.0 Å². The summed E-state index contributed by atoms with van der Waals surface area (Å²) in [5.41, 5.74) is 1.14. The molecule has 2 rings (SSSR count). The van der Waals surface area contributed by atoms with Crippen LogP contribution in [0.5, 0.6) is 11.5 Å². The van der Waals surface area contributed by atoms with Crippen LogP contribution in [0.2, 0.25) is 0 Å². The van der Waals surface area contributed by atoms with Crippen molar-refractivity contribution < 1.29 is 36.2 Å². The number of carbonyl (C=O) groups excluding carboxylic acids is 1. The molecule has 1 N–H and O–H groups in total. The van der Waals surface area contributed by atoms with Crippen LogP contribution in [0, 0.1) is 0 Å². The third-order valence-corrected chi connectivity index (χ3v) is 4.54. The SMILES string of the molecule is COc1cc(COC(=O)CNS(=O)(=O)/C=C/c2ccccc2)ccc1OC(F)F. The number of sulfonamides is 1. The third-order valence-electron chi connectivity index (χ3n) is 3.50. The van der Waals surface area contributed by atoms with E-state index >= 15 is 0 Å². The van der Waals surface area contributed by atoms with Crippen molar-refractivity contribution >= 4 is 22.1 Å². The van der Waals surface area contributed by atoms with Gasteiger partial charge in [0.05, 0.1) is 7.11 Å². The number of methoxy groups -OCH3 is 1. The van der Waals surface area contributed by atoms with E-state index in [1.807, 2.05) is 0 Å². The van der Waals surface area contributed by atoms with E-state index in [0.29, 0.717) is 11.1 Å². The lowest BCUT2D eigenvalue weighted by Gasteiger charge is -2.11. The summed E-state index contributed by atoms with van der Waals surface area (Å²) >= 11 is 0. The Morgan fingerprint density at radius 1 is 1.14 bits per heavy atom. The molecular weight excluding hydrogens is 408 g/mol. The number of hydrogen-bond donors (Lipinski definition) is 1. The molecule has 0 saturated carbocycles. The number of benzene rings is 2. The normalized spacial score (nSPS) is 11.6. The molecular formula is C19H19F2NO6S. The first-order chi connectivity index (χ1) is 13.8. The molecule has 0 unspecified atom stereocenters. The Kier molecular flexibility index (Phi) is 8.10. The molecule has 0 aliphatic heterocycles. The lowest BCUT2D eigenvalue weighted by molar-refractivity contribution is -0.143. The van der Waals surface area contributed by atoms with Crippen LogP contribution < -0.4 is 14.2 Å². The fourth-order valence-electron chi connectivity index (χ4n) is 2.15. The second-order valence-corrected chi connectivity index (χ2v) is 7.25. The zero-order chi connectivity index (χ0) is 21.3. The van der Waals surface area contributed by atoms with Gasteiger partial charge >= 0.3 is 12.6 Å². The number of rotatable bonds is 10. The van der Waals surface area contributed by atoms with Crippen molar-refractivity contribution in [2.45, 2.75) is 13.2 Å². The number of nitrogens with one attached hydrogen (secondary N) is 1. The first-order valence-electron chi connectivity index (χ1n) is 8.29. The molecule has 0 saturated heterocycles. The molecule has 7 nitrogen and oxygen atoms in total. The summed E-state index contributed by atoms with van der Waals surface area (Å²) in [6, 6.07) is 12.8. The van der Waals surface area contributed by atoms with Crippen molar-refractivity contribution in [3.63, 3.8) is 0 Å². The van der Waals surface area contributed by atoms with Gasteiger partial charge in [-0.25, -0.2) is 13.1 Å². The molecule has 2 aromatic carbocycles. The van der Waals surface area contributed by atoms with E-state index in [1.165, 1.54) is 31.4 Å². The van der Waals surface area contributed by atoms with E-state index in [2.05, 4.69) is 9.46 Å². The largest absolute Gasteiger partial charge is 0.493 e. The van der Waals surface area contributed by atoms with Gasteiger partial charge < -0.3 is 14.2 Å². The second-order valence-electron chi connectivity index (χ2n) is 5.60. The van der Waals surface area contributed by atoms with Gasteiger partial charge in [-0.3, -0.25) is 4.79 Å². The smallest absolute Gasteiger partial charge is 0.387 e. The predicted molar refractivity (Wildman–Crippen MR) is 102 cm³/mol. The predicted octanol–water partition coefficient (Wildman–Crippen LogP) is 2.93. The number of ether oxygens (including phenoxy) is 3. The fraction of sp³-hybridized carbons (Fsp3) is 0.211.